The lowest BCUT2D eigenvalue weighted by atomic mass is 9.93. The van der Waals surface area contributed by atoms with Gasteiger partial charge in [0.25, 0.3) is 0 Å². The van der Waals surface area contributed by atoms with Gasteiger partial charge in [0.15, 0.2) is 0 Å². The minimum atomic E-state index is -3.75. The number of hydrogen-bond donors (Lipinski definition) is 0. The Hall–Kier alpha value is -1.51. The van der Waals surface area contributed by atoms with E-state index in [1.54, 1.807) is 0 Å². The van der Waals surface area contributed by atoms with Crippen molar-refractivity contribution in [1.29, 1.82) is 0 Å². The molecule has 0 radical (unpaired) electrons. The summed E-state index contributed by atoms with van der Waals surface area (Å²) >= 11 is 6.16. The third kappa shape index (κ3) is 4.98. The maximum atomic E-state index is 13.4. The maximum absolute atomic E-state index is 13.4. The van der Waals surface area contributed by atoms with Crippen LogP contribution in [-0.2, 0) is 22.9 Å². The number of methoxy groups -OCH3 is 2. The minimum Gasteiger partial charge on any atom is -0.495 e. The number of ether oxygens (including phenoxy) is 2. The smallest absolute Gasteiger partial charge is 0.246 e. The number of nitrogens with zero attached hydrogens (tertiary/aromatic N) is 2. The zero-order chi connectivity index (χ0) is 22.9. The molecule has 6 nitrogen and oxygen atoms in total. The molecule has 1 unspecified atom stereocenters. The second kappa shape index (κ2) is 10.8. The van der Waals surface area contributed by atoms with Crippen LogP contribution in [0.15, 0.2) is 35.2 Å². The van der Waals surface area contributed by atoms with Crippen LogP contribution < -0.4 is 9.47 Å². The van der Waals surface area contributed by atoms with Crippen molar-refractivity contribution in [2.75, 3.05) is 40.4 Å². The number of benzene rings is 2. The van der Waals surface area contributed by atoms with Gasteiger partial charge in [-0.25, -0.2) is 8.42 Å². The van der Waals surface area contributed by atoms with E-state index < -0.39 is 10.0 Å². The fourth-order valence-electron chi connectivity index (χ4n) is 5.09. The Labute approximate surface area is 208 Å². The number of sulfonamides is 1. The number of hydrogen-bond acceptors (Lipinski definition) is 5. The first kappa shape index (κ1) is 26.1. The van der Waals surface area contributed by atoms with E-state index in [-0.39, 0.29) is 23.1 Å². The van der Waals surface area contributed by atoms with Crippen molar-refractivity contribution < 1.29 is 17.9 Å². The van der Waals surface area contributed by atoms with E-state index in [2.05, 4.69) is 23.1 Å². The Kier molecular flexibility index (Phi) is 8.56. The summed E-state index contributed by atoms with van der Waals surface area (Å²) in [4.78, 5) is 2.61. The number of halogens is 2. The Morgan fingerprint density at radius 1 is 1.12 bits per heavy atom. The molecule has 1 aliphatic carbocycles. The molecule has 1 atom stereocenters. The van der Waals surface area contributed by atoms with Gasteiger partial charge in [0.2, 0.25) is 10.0 Å². The van der Waals surface area contributed by atoms with E-state index in [1.807, 2.05) is 6.92 Å². The summed E-state index contributed by atoms with van der Waals surface area (Å²) in [7, 11) is -0.845. The lowest BCUT2D eigenvalue weighted by Crippen LogP contribution is -2.38. The second-order valence-corrected chi connectivity index (χ2v) is 10.6. The molecular weight excluding hydrogens is 483 g/mol. The van der Waals surface area contributed by atoms with Crippen LogP contribution in [0.2, 0.25) is 5.02 Å². The van der Waals surface area contributed by atoms with Gasteiger partial charge in [-0.1, -0.05) is 36.7 Å². The van der Waals surface area contributed by atoms with Crippen LogP contribution in [0.5, 0.6) is 11.5 Å². The molecule has 9 heteroatoms. The van der Waals surface area contributed by atoms with Crippen LogP contribution in [0.25, 0.3) is 0 Å². The fraction of sp³-hybridized carbons (Fsp3) is 0.500. The highest BCUT2D eigenvalue weighted by Crippen LogP contribution is 2.41. The summed E-state index contributed by atoms with van der Waals surface area (Å²) < 4.78 is 38.9. The predicted molar refractivity (Wildman–Crippen MR) is 134 cm³/mol. The Bertz CT molecular complexity index is 1090. The first-order valence-electron chi connectivity index (χ1n) is 11.2. The van der Waals surface area contributed by atoms with Gasteiger partial charge in [0.1, 0.15) is 16.4 Å². The highest BCUT2D eigenvalue weighted by atomic mass is 35.5. The molecule has 2 aromatic rings. The van der Waals surface area contributed by atoms with Gasteiger partial charge in [0.05, 0.1) is 19.2 Å². The molecule has 2 aliphatic rings. The molecule has 33 heavy (non-hydrogen) atoms. The molecular formula is C24H32Cl2N2O4S. The van der Waals surface area contributed by atoms with Gasteiger partial charge in [-0.3, -0.25) is 4.90 Å². The summed E-state index contributed by atoms with van der Waals surface area (Å²) in [5.74, 6) is 0.534. The van der Waals surface area contributed by atoms with Gasteiger partial charge in [-0.15, -0.1) is 12.4 Å². The molecule has 1 aliphatic heterocycles. The molecule has 4 rings (SSSR count). The summed E-state index contributed by atoms with van der Waals surface area (Å²) in [6.45, 7) is 4.60. The van der Waals surface area contributed by atoms with Crippen LogP contribution in [0.3, 0.4) is 0 Å². The van der Waals surface area contributed by atoms with Crippen LogP contribution in [0.4, 0.5) is 0 Å². The van der Waals surface area contributed by atoms with Crippen molar-refractivity contribution in [2.24, 2.45) is 0 Å². The average molecular weight is 516 g/mol. The Balaban J connectivity index is 0.00000306. The van der Waals surface area contributed by atoms with Gasteiger partial charge in [-0.2, -0.15) is 4.31 Å². The Morgan fingerprint density at radius 3 is 2.48 bits per heavy atom. The van der Waals surface area contributed by atoms with Gasteiger partial charge in [0, 0.05) is 44.4 Å². The topological polar surface area (TPSA) is 59.1 Å². The van der Waals surface area contributed by atoms with Gasteiger partial charge < -0.3 is 9.47 Å². The third-order valence-corrected chi connectivity index (χ3v) is 8.97. The molecule has 0 amide bonds. The molecule has 0 bridgehead atoms. The van der Waals surface area contributed by atoms with Gasteiger partial charge >= 0.3 is 0 Å². The van der Waals surface area contributed by atoms with E-state index in [4.69, 9.17) is 21.1 Å². The molecule has 0 N–H and O–H groups in total. The van der Waals surface area contributed by atoms with Crippen LogP contribution in [0.1, 0.15) is 42.5 Å². The molecule has 0 aromatic heterocycles. The normalized spacial score (nSPS) is 17.5. The van der Waals surface area contributed by atoms with E-state index in [1.165, 1.54) is 47.3 Å². The number of rotatable bonds is 9. The van der Waals surface area contributed by atoms with Crippen molar-refractivity contribution in [1.82, 2.24) is 9.21 Å². The largest absolute Gasteiger partial charge is 0.495 e. The van der Waals surface area contributed by atoms with E-state index in [9.17, 15) is 8.42 Å². The van der Waals surface area contributed by atoms with Crippen molar-refractivity contribution >= 4 is 34.0 Å². The standard InChI is InChI=1S/C24H31ClN2O4S.ClH/c1-4-27(32(28,29)23-16-21(30-2)19(25)15-22(23)31-3)13-6-12-26-14-11-18-8-5-7-17-9-10-20(26)24(17)18;/h5,7-8,15-16,20H,4,6,9-14H2,1-3H3;1H. The quantitative estimate of drug-likeness (QED) is 0.484. The van der Waals surface area contributed by atoms with Crippen LogP contribution in [-0.4, -0.2) is 58.0 Å². The summed E-state index contributed by atoms with van der Waals surface area (Å²) in [5, 5.41) is 0.313. The monoisotopic (exact) mass is 514 g/mol. The maximum Gasteiger partial charge on any atom is 0.246 e. The lowest BCUT2D eigenvalue weighted by Gasteiger charge is -2.35. The van der Waals surface area contributed by atoms with E-state index >= 15 is 0 Å². The van der Waals surface area contributed by atoms with Crippen molar-refractivity contribution in [3.63, 3.8) is 0 Å². The first-order valence-corrected chi connectivity index (χ1v) is 13.0. The van der Waals surface area contributed by atoms with Crippen LogP contribution >= 0.6 is 24.0 Å². The highest BCUT2D eigenvalue weighted by molar-refractivity contribution is 7.89. The Morgan fingerprint density at radius 2 is 1.82 bits per heavy atom. The first-order chi connectivity index (χ1) is 15.4. The molecule has 0 saturated heterocycles. The number of aryl methyl sites for hydroxylation is 1. The predicted octanol–water partition coefficient (Wildman–Crippen LogP) is 4.73. The van der Waals surface area contributed by atoms with E-state index in [0.717, 1.165) is 38.8 Å². The van der Waals surface area contributed by atoms with Crippen molar-refractivity contribution in [3.05, 3.63) is 52.0 Å². The summed E-state index contributed by atoms with van der Waals surface area (Å²) in [5.41, 5.74) is 4.50. The van der Waals surface area contributed by atoms with Crippen LogP contribution in [0, 0.1) is 0 Å². The molecule has 2 aromatic carbocycles. The summed E-state index contributed by atoms with van der Waals surface area (Å²) in [6, 6.07) is 10.1. The van der Waals surface area contributed by atoms with Gasteiger partial charge in [-0.05, 0) is 42.4 Å². The SMILES string of the molecule is CCN(CCCN1CCc2cccc3c2C1CC3)S(=O)(=O)c1cc(OC)c(Cl)cc1OC.Cl. The molecule has 0 fully saturated rings. The summed E-state index contributed by atoms with van der Waals surface area (Å²) in [6.07, 6.45) is 4.13. The lowest BCUT2D eigenvalue weighted by molar-refractivity contribution is 0.179. The van der Waals surface area contributed by atoms with E-state index in [0.29, 0.717) is 29.9 Å². The zero-order valence-electron chi connectivity index (χ0n) is 19.3. The molecule has 1 heterocycles. The zero-order valence-corrected chi connectivity index (χ0v) is 21.7. The molecule has 0 spiro atoms. The van der Waals surface area contributed by atoms with Crippen molar-refractivity contribution in [2.45, 2.75) is 43.5 Å². The molecule has 182 valence electrons. The second-order valence-electron chi connectivity index (χ2n) is 8.32. The fourth-order valence-corrected chi connectivity index (χ4v) is 6.96. The molecule has 0 saturated carbocycles. The minimum absolute atomic E-state index is 0. The highest BCUT2D eigenvalue weighted by Gasteiger charge is 2.33. The third-order valence-electron chi connectivity index (χ3n) is 6.68. The van der Waals surface area contributed by atoms with Crippen molar-refractivity contribution in [3.8, 4) is 11.5 Å². The average Bonchev–Trinajstić information content (AvgIpc) is 3.23.